The zero-order valence-electron chi connectivity index (χ0n) is 11.0. The van der Waals surface area contributed by atoms with Crippen LogP contribution in [0.15, 0.2) is 48.5 Å². The van der Waals surface area contributed by atoms with Crippen molar-refractivity contribution in [3.8, 4) is 0 Å². The molecule has 0 spiro atoms. The van der Waals surface area contributed by atoms with E-state index < -0.39 is 11.6 Å². The molecule has 0 amide bonds. The fourth-order valence-electron chi connectivity index (χ4n) is 1.73. The lowest BCUT2D eigenvalue weighted by molar-refractivity contribution is 0.102. The number of halogens is 2. The summed E-state index contributed by atoms with van der Waals surface area (Å²) in [7, 11) is 0. The van der Waals surface area contributed by atoms with Crippen molar-refractivity contribution in [3.05, 3.63) is 71.3 Å². The maximum absolute atomic E-state index is 13.0. The van der Waals surface area contributed by atoms with Crippen molar-refractivity contribution in [2.45, 2.75) is 0 Å². The van der Waals surface area contributed by atoms with Crippen molar-refractivity contribution in [2.24, 2.45) is 0 Å². The lowest BCUT2D eigenvalue weighted by Crippen LogP contribution is -2.08. The molecule has 0 N–H and O–H groups in total. The van der Waals surface area contributed by atoms with Gasteiger partial charge >= 0.3 is 0 Å². The van der Waals surface area contributed by atoms with Crippen LogP contribution in [0.2, 0.25) is 0 Å². The molecule has 0 radical (unpaired) electrons. The second kappa shape index (κ2) is 7.13. The van der Waals surface area contributed by atoms with Crippen LogP contribution in [0.3, 0.4) is 0 Å². The van der Waals surface area contributed by atoms with E-state index in [1.165, 1.54) is 36.4 Å². The SMILES string of the molecule is O=C(CSCC(=O)c1cccc(F)c1)c1cccc(F)c1. The molecule has 0 saturated carbocycles. The molecule has 2 aromatic carbocycles. The van der Waals surface area contributed by atoms with Gasteiger partial charge in [0.15, 0.2) is 11.6 Å². The largest absolute Gasteiger partial charge is 0.293 e. The summed E-state index contributed by atoms with van der Waals surface area (Å²) in [5, 5.41) is 0. The second-order valence-electron chi connectivity index (χ2n) is 4.36. The summed E-state index contributed by atoms with van der Waals surface area (Å²) in [5.74, 6) is -1.28. The van der Waals surface area contributed by atoms with E-state index >= 15 is 0 Å². The number of carbonyl (C=O) groups excluding carboxylic acids is 2. The molecule has 0 aromatic heterocycles. The van der Waals surface area contributed by atoms with Gasteiger partial charge in [0.2, 0.25) is 0 Å². The summed E-state index contributed by atoms with van der Waals surface area (Å²) in [4.78, 5) is 23.6. The third kappa shape index (κ3) is 4.49. The fraction of sp³-hybridized carbons (Fsp3) is 0.125. The van der Waals surface area contributed by atoms with Gasteiger partial charge in [0, 0.05) is 11.1 Å². The topological polar surface area (TPSA) is 34.1 Å². The normalized spacial score (nSPS) is 10.4. The van der Waals surface area contributed by atoms with Gasteiger partial charge in [-0.05, 0) is 24.3 Å². The lowest BCUT2D eigenvalue weighted by atomic mass is 10.1. The van der Waals surface area contributed by atoms with Crippen molar-refractivity contribution in [1.29, 1.82) is 0 Å². The first-order valence-electron chi connectivity index (χ1n) is 6.21. The van der Waals surface area contributed by atoms with Crippen LogP contribution in [0.1, 0.15) is 20.7 Å². The lowest BCUT2D eigenvalue weighted by Gasteiger charge is -2.02. The molecule has 108 valence electrons. The Balaban J connectivity index is 1.87. The van der Waals surface area contributed by atoms with Crippen molar-refractivity contribution >= 4 is 23.3 Å². The number of rotatable bonds is 6. The summed E-state index contributed by atoms with van der Waals surface area (Å²) in [5.41, 5.74) is 0.557. The number of ketones is 2. The van der Waals surface area contributed by atoms with E-state index in [0.717, 1.165) is 23.9 Å². The van der Waals surface area contributed by atoms with E-state index in [0.29, 0.717) is 0 Å². The van der Waals surface area contributed by atoms with Gasteiger partial charge in [0.1, 0.15) is 11.6 Å². The maximum Gasteiger partial charge on any atom is 0.172 e. The highest BCUT2D eigenvalue weighted by atomic mass is 32.2. The molecule has 21 heavy (non-hydrogen) atoms. The van der Waals surface area contributed by atoms with Crippen molar-refractivity contribution < 1.29 is 18.4 Å². The van der Waals surface area contributed by atoms with Crippen LogP contribution >= 0.6 is 11.8 Å². The van der Waals surface area contributed by atoms with E-state index in [9.17, 15) is 18.4 Å². The molecule has 0 aliphatic heterocycles. The number of hydrogen-bond acceptors (Lipinski definition) is 3. The van der Waals surface area contributed by atoms with Crippen LogP contribution in [0.4, 0.5) is 8.78 Å². The molecule has 0 aliphatic rings. The number of Topliss-reactive ketones (excluding diaryl/α,β-unsaturated/α-hetero) is 2. The van der Waals surface area contributed by atoms with E-state index in [4.69, 9.17) is 0 Å². The average Bonchev–Trinajstić information content (AvgIpc) is 2.47. The highest BCUT2D eigenvalue weighted by Gasteiger charge is 2.10. The molecular formula is C16H12F2O2S. The Kier molecular flexibility index (Phi) is 5.22. The van der Waals surface area contributed by atoms with Crippen LogP contribution in [-0.2, 0) is 0 Å². The summed E-state index contributed by atoms with van der Waals surface area (Å²) in [6, 6.07) is 10.8. The molecule has 2 nitrogen and oxygen atoms in total. The highest BCUT2D eigenvalue weighted by Crippen LogP contribution is 2.12. The minimum atomic E-state index is -0.471. The first kappa shape index (κ1) is 15.4. The standard InChI is InChI=1S/C16H12F2O2S/c17-13-5-1-3-11(7-13)15(19)9-21-10-16(20)12-4-2-6-14(18)8-12/h1-8H,9-10H2. The fourth-order valence-corrected chi connectivity index (χ4v) is 2.53. The molecule has 0 fully saturated rings. The Hall–Kier alpha value is -2.01. The first-order valence-corrected chi connectivity index (χ1v) is 7.37. The van der Waals surface area contributed by atoms with Gasteiger partial charge in [0.25, 0.3) is 0 Å². The van der Waals surface area contributed by atoms with Crippen LogP contribution in [0.5, 0.6) is 0 Å². The van der Waals surface area contributed by atoms with Crippen LogP contribution < -0.4 is 0 Å². The molecule has 0 heterocycles. The Labute approximate surface area is 125 Å². The summed E-state index contributed by atoms with van der Waals surface area (Å²) in [6.45, 7) is 0. The van der Waals surface area contributed by atoms with Gasteiger partial charge in [0.05, 0.1) is 11.5 Å². The van der Waals surface area contributed by atoms with E-state index in [-0.39, 0.29) is 34.2 Å². The van der Waals surface area contributed by atoms with Crippen molar-refractivity contribution in [2.75, 3.05) is 11.5 Å². The molecule has 0 saturated heterocycles. The maximum atomic E-state index is 13.0. The minimum Gasteiger partial charge on any atom is -0.293 e. The van der Waals surface area contributed by atoms with E-state index in [2.05, 4.69) is 0 Å². The van der Waals surface area contributed by atoms with E-state index in [1.807, 2.05) is 0 Å². The number of carbonyl (C=O) groups is 2. The predicted molar refractivity (Wildman–Crippen MR) is 78.8 cm³/mol. The van der Waals surface area contributed by atoms with Crippen molar-refractivity contribution in [3.63, 3.8) is 0 Å². The Morgan fingerprint density at radius 2 is 1.24 bits per heavy atom. The minimum absolute atomic E-state index is 0.0739. The number of thioether (sulfide) groups is 1. The molecule has 0 bridgehead atoms. The zero-order valence-corrected chi connectivity index (χ0v) is 11.8. The second-order valence-corrected chi connectivity index (χ2v) is 5.35. The number of benzene rings is 2. The van der Waals surface area contributed by atoms with E-state index in [1.54, 1.807) is 0 Å². The van der Waals surface area contributed by atoms with Gasteiger partial charge < -0.3 is 0 Å². The quantitative estimate of drug-likeness (QED) is 0.762. The van der Waals surface area contributed by atoms with Crippen LogP contribution in [-0.4, -0.2) is 23.1 Å². The Morgan fingerprint density at radius 3 is 1.62 bits per heavy atom. The molecule has 0 unspecified atom stereocenters. The summed E-state index contributed by atoms with van der Waals surface area (Å²) >= 11 is 1.13. The summed E-state index contributed by atoms with van der Waals surface area (Å²) in [6.07, 6.45) is 0. The van der Waals surface area contributed by atoms with Crippen LogP contribution in [0, 0.1) is 11.6 Å². The van der Waals surface area contributed by atoms with Gasteiger partial charge in [-0.15, -0.1) is 11.8 Å². The van der Waals surface area contributed by atoms with Crippen molar-refractivity contribution in [1.82, 2.24) is 0 Å². The van der Waals surface area contributed by atoms with Gasteiger partial charge in [-0.2, -0.15) is 0 Å². The van der Waals surface area contributed by atoms with Crippen LogP contribution in [0.25, 0.3) is 0 Å². The monoisotopic (exact) mass is 306 g/mol. The smallest absolute Gasteiger partial charge is 0.172 e. The zero-order chi connectivity index (χ0) is 15.2. The molecule has 2 rings (SSSR count). The Bertz CT molecular complexity index is 613. The van der Waals surface area contributed by atoms with Gasteiger partial charge in [-0.1, -0.05) is 24.3 Å². The van der Waals surface area contributed by atoms with Gasteiger partial charge in [-0.25, -0.2) is 8.78 Å². The average molecular weight is 306 g/mol. The van der Waals surface area contributed by atoms with Gasteiger partial charge in [-0.3, -0.25) is 9.59 Å². The number of hydrogen-bond donors (Lipinski definition) is 0. The summed E-state index contributed by atoms with van der Waals surface area (Å²) < 4.78 is 26.0. The molecule has 0 aliphatic carbocycles. The molecule has 2 aromatic rings. The third-order valence-corrected chi connectivity index (χ3v) is 3.69. The predicted octanol–water partition coefficient (Wildman–Crippen LogP) is 3.76. The third-order valence-electron chi connectivity index (χ3n) is 2.76. The molecule has 5 heteroatoms. The highest BCUT2D eigenvalue weighted by molar-refractivity contribution is 8.00. The Morgan fingerprint density at radius 1 is 0.810 bits per heavy atom. The molecular weight excluding hydrogens is 294 g/mol. The first-order chi connectivity index (χ1) is 10.1. The molecule has 0 atom stereocenters.